The van der Waals surface area contributed by atoms with Gasteiger partial charge in [-0.25, -0.2) is 9.97 Å². The molecule has 1 aliphatic heterocycles. The van der Waals surface area contributed by atoms with Gasteiger partial charge < -0.3 is 14.2 Å². The maximum atomic E-state index is 11.4. The second kappa shape index (κ2) is 7.47. The molecule has 6 nitrogen and oxygen atoms in total. The van der Waals surface area contributed by atoms with Gasteiger partial charge >= 0.3 is 7.12 Å². The van der Waals surface area contributed by atoms with Crippen LogP contribution in [-0.4, -0.2) is 53.3 Å². The molecule has 0 atom stereocenters. The highest BCUT2D eigenvalue weighted by Crippen LogP contribution is 2.39. The standard InChI is InChI=1S/C17H26BN3O3S/c1-12(22)25-11-14(18-23-16(2,3)17(4,5)24-18)8-13-9-19-15(20-10-13)21(6)7/h8-10H,11H2,1-7H3. The van der Waals surface area contributed by atoms with Crippen LogP contribution in [0.5, 0.6) is 0 Å². The molecule has 0 radical (unpaired) electrons. The maximum Gasteiger partial charge on any atom is 0.491 e. The molecule has 1 saturated heterocycles. The van der Waals surface area contributed by atoms with Crippen molar-refractivity contribution in [1.29, 1.82) is 0 Å². The van der Waals surface area contributed by atoms with Crippen LogP contribution in [0.15, 0.2) is 17.9 Å². The number of hydrogen-bond donors (Lipinski definition) is 0. The summed E-state index contributed by atoms with van der Waals surface area (Å²) in [6, 6.07) is 0. The van der Waals surface area contributed by atoms with Gasteiger partial charge in [-0.05, 0) is 33.2 Å². The normalized spacial score (nSPS) is 19.2. The Labute approximate surface area is 154 Å². The van der Waals surface area contributed by atoms with Crippen LogP contribution in [0.3, 0.4) is 0 Å². The number of nitrogens with zero attached hydrogens (tertiary/aromatic N) is 3. The highest BCUT2D eigenvalue weighted by molar-refractivity contribution is 8.13. The molecule has 0 N–H and O–H groups in total. The smallest absolute Gasteiger partial charge is 0.400 e. The number of rotatable bonds is 5. The molecule has 1 aromatic heterocycles. The predicted octanol–water partition coefficient (Wildman–Crippen LogP) is 2.84. The Hall–Kier alpha value is -1.38. The summed E-state index contributed by atoms with van der Waals surface area (Å²) in [4.78, 5) is 21.9. The summed E-state index contributed by atoms with van der Waals surface area (Å²) in [6.45, 7) is 9.60. The first kappa shape index (κ1) is 19.9. The number of carbonyl (C=O) groups is 1. The van der Waals surface area contributed by atoms with E-state index in [1.165, 1.54) is 11.8 Å². The topological polar surface area (TPSA) is 64.6 Å². The maximum absolute atomic E-state index is 11.4. The van der Waals surface area contributed by atoms with Crippen molar-refractivity contribution in [2.75, 3.05) is 24.7 Å². The average molecular weight is 363 g/mol. The molecule has 2 heterocycles. The molecule has 136 valence electrons. The van der Waals surface area contributed by atoms with Crippen molar-refractivity contribution in [3.8, 4) is 0 Å². The number of carbonyl (C=O) groups excluding carboxylic acids is 1. The van der Waals surface area contributed by atoms with E-state index < -0.39 is 18.3 Å². The zero-order chi connectivity index (χ0) is 18.8. The molecule has 1 aromatic rings. The van der Waals surface area contributed by atoms with Crippen molar-refractivity contribution in [2.45, 2.75) is 45.8 Å². The molecule has 2 rings (SSSR count). The molecule has 0 spiro atoms. The first-order valence-electron chi connectivity index (χ1n) is 8.21. The Morgan fingerprint density at radius 2 is 1.72 bits per heavy atom. The van der Waals surface area contributed by atoms with E-state index in [0.29, 0.717) is 11.7 Å². The van der Waals surface area contributed by atoms with Crippen molar-refractivity contribution in [3.05, 3.63) is 23.4 Å². The first-order valence-corrected chi connectivity index (χ1v) is 9.19. The SMILES string of the molecule is CC(=O)SCC(=Cc1cnc(N(C)C)nc1)B1OC(C)(C)C(C)(C)O1. The zero-order valence-corrected chi connectivity index (χ0v) is 16.8. The van der Waals surface area contributed by atoms with Gasteiger partial charge in [-0.2, -0.15) is 0 Å². The second-order valence-electron chi connectivity index (χ2n) is 7.30. The van der Waals surface area contributed by atoms with E-state index in [0.717, 1.165) is 11.0 Å². The van der Waals surface area contributed by atoms with E-state index in [4.69, 9.17) is 9.31 Å². The summed E-state index contributed by atoms with van der Waals surface area (Å²) in [5.41, 5.74) is 0.880. The lowest BCUT2D eigenvalue weighted by Crippen LogP contribution is -2.41. The summed E-state index contributed by atoms with van der Waals surface area (Å²) < 4.78 is 12.3. The third kappa shape index (κ3) is 4.83. The summed E-state index contributed by atoms with van der Waals surface area (Å²) in [7, 11) is 3.29. The molecular weight excluding hydrogens is 337 g/mol. The first-order chi connectivity index (χ1) is 11.5. The summed E-state index contributed by atoms with van der Waals surface area (Å²) >= 11 is 1.24. The fraction of sp³-hybridized carbons (Fsp3) is 0.588. The molecule has 0 aromatic carbocycles. The molecule has 8 heteroatoms. The fourth-order valence-corrected chi connectivity index (χ4v) is 2.80. The number of hydrogen-bond acceptors (Lipinski definition) is 7. The van der Waals surface area contributed by atoms with Gasteiger partial charge in [0.25, 0.3) is 0 Å². The van der Waals surface area contributed by atoms with Gasteiger partial charge in [0.1, 0.15) is 0 Å². The van der Waals surface area contributed by atoms with E-state index in [9.17, 15) is 4.79 Å². The molecule has 1 fully saturated rings. The zero-order valence-electron chi connectivity index (χ0n) is 16.0. The quantitative estimate of drug-likeness (QED) is 0.746. The monoisotopic (exact) mass is 363 g/mol. The molecule has 25 heavy (non-hydrogen) atoms. The highest BCUT2D eigenvalue weighted by Gasteiger charge is 2.52. The Morgan fingerprint density at radius 1 is 1.20 bits per heavy atom. The summed E-state index contributed by atoms with van der Waals surface area (Å²) in [5.74, 6) is 1.15. The number of anilines is 1. The molecular formula is C17H26BN3O3S. The Kier molecular flexibility index (Phi) is 5.96. The fourth-order valence-electron chi connectivity index (χ4n) is 2.21. The van der Waals surface area contributed by atoms with Crippen LogP contribution in [0.2, 0.25) is 0 Å². The van der Waals surface area contributed by atoms with Crippen molar-refractivity contribution in [2.24, 2.45) is 0 Å². The van der Waals surface area contributed by atoms with Crippen molar-refractivity contribution in [3.63, 3.8) is 0 Å². The van der Waals surface area contributed by atoms with Crippen LogP contribution >= 0.6 is 11.8 Å². The van der Waals surface area contributed by atoms with Gasteiger partial charge in [0.05, 0.1) is 11.2 Å². The molecule has 0 unspecified atom stereocenters. The van der Waals surface area contributed by atoms with Crippen molar-refractivity contribution >= 4 is 36.0 Å². The summed E-state index contributed by atoms with van der Waals surface area (Å²) in [6.07, 6.45) is 5.45. The van der Waals surface area contributed by atoms with Gasteiger partial charge in [-0.15, -0.1) is 0 Å². The van der Waals surface area contributed by atoms with E-state index >= 15 is 0 Å². The van der Waals surface area contributed by atoms with Crippen LogP contribution in [0, 0.1) is 0 Å². The lowest BCUT2D eigenvalue weighted by Gasteiger charge is -2.32. The van der Waals surface area contributed by atoms with Crippen LogP contribution in [0.1, 0.15) is 40.2 Å². The molecule has 0 saturated carbocycles. The van der Waals surface area contributed by atoms with Crippen LogP contribution in [-0.2, 0) is 14.1 Å². The van der Waals surface area contributed by atoms with Crippen LogP contribution in [0.25, 0.3) is 6.08 Å². The molecule has 1 aliphatic rings. The van der Waals surface area contributed by atoms with Gasteiger partial charge in [0.2, 0.25) is 5.95 Å². The summed E-state index contributed by atoms with van der Waals surface area (Å²) in [5, 5.41) is 0.0571. The minimum atomic E-state index is -0.495. The number of aromatic nitrogens is 2. The second-order valence-corrected chi connectivity index (χ2v) is 8.45. The van der Waals surface area contributed by atoms with Gasteiger partial charge in [0.15, 0.2) is 5.12 Å². The average Bonchev–Trinajstić information content (AvgIpc) is 2.72. The van der Waals surface area contributed by atoms with E-state index in [1.807, 2.05) is 52.8 Å². The van der Waals surface area contributed by atoms with Gasteiger partial charge in [-0.1, -0.05) is 17.8 Å². The van der Waals surface area contributed by atoms with E-state index in [1.54, 1.807) is 19.3 Å². The Morgan fingerprint density at radius 3 is 2.16 bits per heavy atom. The van der Waals surface area contributed by atoms with Gasteiger partial charge in [-0.3, -0.25) is 4.79 Å². The Bertz CT molecular complexity index is 644. The third-order valence-corrected chi connectivity index (χ3v) is 5.29. The minimum Gasteiger partial charge on any atom is -0.400 e. The Balaban J connectivity index is 2.28. The largest absolute Gasteiger partial charge is 0.491 e. The minimum absolute atomic E-state index is 0.0571. The molecule has 0 bridgehead atoms. The third-order valence-electron chi connectivity index (χ3n) is 4.41. The lowest BCUT2D eigenvalue weighted by atomic mass is 9.78. The van der Waals surface area contributed by atoms with Crippen molar-refractivity contribution in [1.82, 2.24) is 9.97 Å². The van der Waals surface area contributed by atoms with Gasteiger partial charge in [0, 0.05) is 44.7 Å². The van der Waals surface area contributed by atoms with Crippen LogP contribution in [0.4, 0.5) is 5.95 Å². The van der Waals surface area contributed by atoms with Crippen LogP contribution < -0.4 is 4.90 Å². The predicted molar refractivity (Wildman–Crippen MR) is 104 cm³/mol. The molecule has 0 aliphatic carbocycles. The highest BCUT2D eigenvalue weighted by atomic mass is 32.2. The lowest BCUT2D eigenvalue weighted by molar-refractivity contribution is -0.109. The molecule has 0 amide bonds. The van der Waals surface area contributed by atoms with E-state index in [2.05, 4.69) is 9.97 Å². The number of thioether (sulfide) groups is 1. The van der Waals surface area contributed by atoms with Crippen molar-refractivity contribution < 1.29 is 14.1 Å². The van der Waals surface area contributed by atoms with E-state index in [-0.39, 0.29) is 5.12 Å².